The van der Waals surface area contributed by atoms with Gasteiger partial charge in [-0.25, -0.2) is 0 Å². The van der Waals surface area contributed by atoms with E-state index in [-0.39, 0.29) is 23.4 Å². The molecule has 0 aliphatic carbocycles. The molecule has 6 heteroatoms. The van der Waals surface area contributed by atoms with E-state index >= 15 is 0 Å². The Morgan fingerprint density at radius 2 is 1.80 bits per heavy atom. The number of nitrogens with zero attached hydrogens (tertiary/aromatic N) is 1. The molecule has 4 N–H and O–H groups in total. The number of hydrogen-bond donors (Lipinski definition) is 2. The first-order valence-electron chi connectivity index (χ1n) is 4.60. The molecule has 0 bridgehead atoms. The number of carbonyl (C=O) groups is 2. The Morgan fingerprint density at radius 3 is 2.07 bits per heavy atom. The van der Waals surface area contributed by atoms with Crippen molar-refractivity contribution in [3.05, 3.63) is 0 Å². The van der Waals surface area contributed by atoms with E-state index in [1.54, 1.807) is 0 Å². The van der Waals surface area contributed by atoms with Crippen molar-refractivity contribution < 1.29 is 9.59 Å². The Hall–Kier alpha value is -1.17. The minimum Gasteiger partial charge on any atom is -0.393 e. The third-order valence-electron chi connectivity index (χ3n) is 2.01. The number of rotatable bonds is 5. The highest BCUT2D eigenvalue weighted by molar-refractivity contribution is 7.80. The molecule has 1 atom stereocenters. The summed E-state index contributed by atoms with van der Waals surface area (Å²) in [5.74, 6) is -1.36. The normalized spacial score (nSPS) is 12.3. The van der Waals surface area contributed by atoms with Gasteiger partial charge in [0.25, 0.3) is 0 Å². The number of carbonyl (C=O) groups excluding carboxylic acids is 2. The molecule has 15 heavy (non-hydrogen) atoms. The molecule has 2 amide bonds. The largest absolute Gasteiger partial charge is 0.393 e. The predicted octanol–water partition coefficient (Wildman–Crippen LogP) is -0.512. The van der Waals surface area contributed by atoms with Gasteiger partial charge < -0.3 is 16.4 Å². The summed E-state index contributed by atoms with van der Waals surface area (Å²) in [6.45, 7) is 3.57. The highest BCUT2D eigenvalue weighted by atomic mass is 32.1. The van der Waals surface area contributed by atoms with Gasteiger partial charge in [0.15, 0.2) is 0 Å². The summed E-state index contributed by atoms with van der Waals surface area (Å²) in [5, 5.41) is 0. The van der Waals surface area contributed by atoms with Gasteiger partial charge in [0.2, 0.25) is 11.8 Å². The fraction of sp³-hybridized carbons (Fsp3) is 0.667. The molecule has 1 unspecified atom stereocenters. The van der Waals surface area contributed by atoms with Crippen molar-refractivity contribution in [2.75, 3.05) is 13.6 Å². The van der Waals surface area contributed by atoms with Gasteiger partial charge in [-0.2, -0.15) is 0 Å². The Kier molecular flexibility index (Phi) is 5.21. The monoisotopic (exact) mass is 231 g/mol. The molecule has 5 nitrogen and oxygen atoms in total. The smallest absolute Gasteiger partial charge is 0.237 e. The zero-order chi connectivity index (χ0) is 12.2. The van der Waals surface area contributed by atoms with E-state index in [1.165, 1.54) is 11.9 Å². The molecule has 0 aromatic heterocycles. The third-order valence-corrected chi connectivity index (χ3v) is 2.26. The second-order valence-corrected chi connectivity index (χ2v) is 4.26. The van der Waals surface area contributed by atoms with E-state index in [4.69, 9.17) is 23.7 Å². The molecule has 0 heterocycles. The molecule has 0 fully saturated rings. The first-order chi connectivity index (χ1) is 6.77. The second-order valence-electron chi connectivity index (χ2n) is 3.78. The summed E-state index contributed by atoms with van der Waals surface area (Å²) < 4.78 is 0. The molecular weight excluding hydrogens is 214 g/mol. The second kappa shape index (κ2) is 5.65. The third kappa shape index (κ3) is 4.24. The summed E-state index contributed by atoms with van der Waals surface area (Å²) in [6, 6.07) is 0. The maximum atomic E-state index is 11.8. The zero-order valence-corrected chi connectivity index (χ0v) is 10.0. The van der Waals surface area contributed by atoms with Crippen molar-refractivity contribution in [2.45, 2.75) is 13.8 Å². The number of hydrogen-bond acceptors (Lipinski definition) is 3. The van der Waals surface area contributed by atoms with E-state index in [2.05, 4.69) is 0 Å². The van der Waals surface area contributed by atoms with Crippen LogP contribution < -0.4 is 11.5 Å². The lowest BCUT2D eigenvalue weighted by atomic mass is 9.94. The van der Waals surface area contributed by atoms with E-state index in [0.29, 0.717) is 0 Å². The number of likely N-dealkylation sites (N-methyl/N-ethyl adjacent to an activating group) is 1. The summed E-state index contributed by atoms with van der Waals surface area (Å²) in [6.07, 6.45) is 0. The minimum atomic E-state index is -0.559. The van der Waals surface area contributed by atoms with Crippen LogP contribution in [0.2, 0.25) is 0 Å². The van der Waals surface area contributed by atoms with Crippen LogP contribution in [0.1, 0.15) is 13.8 Å². The van der Waals surface area contributed by atoms with E-state index in [0.717, 1.165) is 0 Å². The lowest BCUT2D eigenvalue weighted by Gasteiger charge is -2.24. The Labute approximate surface area is 94.8 Å². The van der Waals surface area contributed by atoms with E-state index in [1.807, 2.05) is 13.8 Å². The van der Waals surface area contributed by atoms with Crippen molar-refractivity contribution in [3.63, 3.8) is 0 Å². The lowest BCUT2D eigenvalue weighted by Crippen LogP contribution is -2.44. The van der Waals surface area contributed by atoms with E-state index < -0.39 is 11.8 Å². The van der Waals surface area contributed by atoms with Gasteiger partial charge in [0, 0.05) is 7.05 Å². The Bertz CT molecular complexity index is 279. The van der Waals surface area contributed by atoms with Gasteiger partial charge in [0.05, 0.1) is 17.5 Å². The van der Waals surface area contributed by atoms with Crippen LogP contribution in [0.3, 0.4) is 0 Å². The quantitative estimate of drug-likeness (QED) is 0.624. The van der Waals surface area contributed by atoms with Gasteiger partial charge in [0.1, 0.15) is 0 Å². The topological polar surface area (TPSA) is 89.4 Å². The van der Waals surface area contributed by atoms with Crippen LogP contribution in [0.4, 0.5) is 0 Å². The molecule has 0 spiro atoms. The molecule has 0 aliphatic heterocycles. The Balaban J connectivity index is 4.64. The molecule has 0 radical (unpaired) electrons. The highest BCUT2D eigenvalue weighted by Gasteiger charge is 2.28. The molecule has 0 saturated carbocycles. The summed E-state index contributed by atoms with van der Waals surface area (Å²) in [5.41, 5.74) is 10.5. The average molecular weight is 231 g/mol. The average Bonchev–Trinajstić information content (AvgIpc) is 2.00. The summed E-state index contributed by atoms with van der Waals surface area (Å²) >= 11 is 4.82. The minimum absolute atomic E-state index is 0.00493. The molecular formula is C9H17N3O2S. The van der Waals surface area contributed by atoms with Crippen LogP contribution in [-0.4, -0.2) is 35.3 Å². The number of primary amides is 1. The zero-order valence-electron chi connectivity index (χ0n) is 9.19. The van der Waals surface area contributed by atoms with Gasteiger partial charge in [-0.05, 0) is 5.92 Å². The SMILES string of the molecule is CC(C)C(C(=O)N(C)CC(N)=O)C(N)=S. The molecule has 0 aliphatic rings. The van der Waals surface area contributed by atoms with Crippen molar-refractivity contribution in [1.82, 2.24) is 4.90 Å². The van der Waals surface area contributed by atoms with Crippen LogP contribution in [0.25, 0.3) is 0 Å². The van der Waals surface area contributed by atoms with Crippen molar-refractivity contribution >= 4 is 29.0 Å². The van der Waals surface area contributed by atoms with Gasteiger partial charge >= 0.3 is 0 Å². The standard InChI is InChI=1S/C9H17N3O2S/c1-5(2)7(8(11)15)9(14)12(3)4-6(10)13/h5,7H,4H2,1-3H3,(H2,10,13)(H2,11,15). The van der Waals surface area contributed by atoms with Crippen LogP contribution in [0, 0.1) is 11.8 Å². The number of amides is 2. The van der Waals surface area contributed by atoms with Gasteiger partial charge in [-0.3, -0.25) is 9.59 Å². The van der Waals surface area contributed by atoms with Crippen molar-refractivity contribution in [2.24, 2.45) is 23.3 Å². The summed E-state index contributed by atoms with van der Waals surface area (Å²) in [7, 11) is 1.50. The van der Waals surface area contributed by atoms with Crippen molar-refractivity contribution in [3.8, 4) is 0 Å². The van der Waals surface area contributed by atoms with Crippen LogP contribution in [0.15, 0.2) is 0 Å². The molecule has 0 rings (SSSR count). The van der Waals surface area contributed by atoms with Gasteiger partial charge in [-0.1, -0.05) is 26.1 Å². The first kappa shape index (κ1) is 13.8. The molecule has 86 valence electrons. The summed E-state index contributed by atoms with van der Waals surface area (Å²) in [4.78, 5) is 23.8. The van der Waals surface area contributed by atoms with E-state index in [9.17, 15) is 9.59 Å². The van der Waals surface area contributed by atoms with Crippen LogP contribution in [-0.2, 0) is 9.59 Å². The number of nitrogens with two attached hydrogens (primary N) is 2. The fourth-order valence-electron chi connectivity index (χ4n) is 1.28. The van der Waals surface area contributed by atoms with Crippen LogP contribution in [0.5, 0.6) is 0 Å². The van der Waals surface area contributed by atoms with Crippen molar-refractivity contribution in [1.29, 1.82) is 0 Å². The molecule has 0 aromatic carbocycles. The lowest BCUT2D eigenvalue weighted by molar-refractivity contribution is -0.136. The van der Waals surface area contributed by atoms with Crippen LogP contribution >= 0.6 is 12.2 Å². The molecule has 0 aromatic rings. The maximum Gasteiger partial charge on any atom is 0.237 e. The van der Waals surface area contributed by atoms with Gasteiger partial charge in [-0.15, -0.1) is 0 Å². The Morgan fingerprint density at radius 1 is 1.33 bits per heavy atom. The first-order valence-corrected chi connectivity index (χ1v) is 5.00. The fourth-order valence-corrected chi connectivity index (χ4v) is 1.66. The maximum absolute atomic E-state index is 11.8. The highest BCUT2D eigenvalue weighted by Crippen LogP contribution is 2.14. The number of thiocarbonyl (C=S) groups is 1. The molecule has 0 saturated heterocycles. The predicted molar refractivity (Wildman–Crippen MR) is 61.9 cm³/mol.